The van der Waals surface area contributed by atoms with Crippen LogP contribution in [-0.2, 0) is 6.18 Å². The predicted molar refractivity (Wildman–Crippen MR) is 139 cm³/mol. The lowest BCUT2D eigenvalue weighted by Crippen LogP contribution is -2.27. The van der Waals surface area contributed by atoms with Gasteiger partial charge in [-0.1, -0.05) is 12.2 Å². The van der Waals surface area contributed by atoms with Gasteiger partial charge in [0.15, 0.2) is 17.2 Å². The van der Waals surface area contributed by atoms with Gasteiger partial charge in [0.25, 0.3) is 5.91 Å². The van der Waals surface area contributed by atoms with Crippen LogP contribution >= 0.6 is 0 Å². The van der Waals surface area contributed by atoms with Crippen molar-refractivity contribution < 1.29 is 22.4 Å². The summed E-state index contributed by atoms with van der Waals surface area (Å²) in [5, 5.41) is 14.5. The van der Waals surface area contributed by atoms with Crippen molar-refractivity contribution in [3.63, 3.8) is 0 Å². The van der Waals surface area contributed by atoms with E-state index in [0.717, 1.165) is 43.8 Å². The molecule has 0 bridgehead atoms. The van der Waals surface area contributed by atoms with E-state index >= 15 is 0 Å². The van der Waals surface area contributed by atoms with Gasteiger partial charge in [0.1, 0.15) is 5.82 Å². The number of fused-ring (bicyclic) bond motifs is 1. The summed E-state index contributed by atoms with van der Waals surface area (Å²) >= 11 is 0. The highest BCUT2D eigenvalue weighted by Crippen LogP contribution is 2.36. The Morgan fingerprint density at radius 3 is 2.67 bits per heavy atom. The van der Waals surface area contributed by atoms with Gasteiger partial charge in [-0.15, -0.1) is 0 Å². The van der Waals surface area contributed by atoms with Crippen LogP contribution in [0.3, 0.4) is 0 Å². The Morgan fingerprint density at radius 2 is 1.95 bits per heavy atom. The molecule has 1 aromatic carbocycles. The number of benzene rings is 1. The molecule has 9 nitrogen and oxygen atoms in total. The van der Waals surface area contributed by atoms with Crippen LogP contribution in [0.15, 0.2) is 49.1 Å². The Balaban J connectivity index is 1.47. The van der Waals surface area contributed by atoms with Gasteiger partial charge >= 0.3 is 6.18 Å². The van der Waals surface area contributed by atoms with Gasteiger partial charge < -0.3 is 16.0 Å². The summed E-state index contributed by atoms with van der Waals surface area (Å²) in [6.07, 6.45) is 2.20. The number of alkyl halides is 3. The topological polar surface area (TPSA) is 112 Å². The van der Waals surface area contributed by atoms with Crippen LogP contribution in [-0.4, -0.2) is 50.1 Å². The third kappa shape index (κ3) is 6.42. The molecule has 0 aliphatic carbocycles. The first-order valence-electron chi connectivity index (χ1n) is 12.2. The summed E-state index contributed by atoms with van der Waals surface area (Å²) < 4.78 is 56.5. The summed E-state index contributed by atoms with van der Waals surface area (Å²) in [5.74, 6) is -1.04. The van der Waals surface area contributed by atoms with Crippen LogP contribution in [0.1, 0.15) is 41.4 Å². The number of carbonyl (C=O) groups excluding carboxylic acids is 1. The maximum atomic E-state index is 15.0. The summed E-state index contributed by atoms with van der Waals surface area (Å²) in [6.45, 7) is 9.32. The average Bonchev–Trinajstić information content (AvgIpc) is 3.50. The summed E-state index contributed by atoms with van der Waals surface area (Å²) in [4.78, 5) is 21.0. The zero-order valence-electron chi connectivity index (χ0n) is 21.4. The predicted octanol–water partition coefficient (Wildman–Crippen LogP) is 5.01. The molecule has 0 saturated heterocycles. The van der Waals surface area contributed by atoms with E-state index in [1.165, 1.54) is 23.0 Å². The third-order valence-electron chi connectivity index (χ3n) is 5.88. The number of rotatable bonds is 11. The smallest absolute Gasteiger partial charge is 0.352 e. The molecular formula is C26H28F4N8O. The maximum absolute atomic E-state index is 15.0. The zero-order chi connectivity index (χ0) is 28.2. The Morgan fingerprint density at radius 1 is 1.18 bits per heavy atom. The molecule has 1 amide bonds. The first-order chi connectivity index (χ1) is 18.6. The van der Waals surface area contributed by atoms with Crippen LogP contribution in [0, 0.1) is 12.7 Å². The molecular weight excluding hydrogens is 516 g/mol. The van der Waals surface area contributed by atoms with Gasteiger partial charge in [-0.25, -0.2) is 14.4 Å². The Hall–Kier alpha value is -4.26. The van der Waals surface area contributed by atoms with Gasteiger partial charge in [0.2, 0.25) is 0 Å². The number of nitrogens with one attached hydrogen (secondary N) is 4. The fourth-order valence-electron chi connectivity index (χ4n) is 4.12. The molecule has 0 radical (unpaired) electrons. The van der Waals surface area contributed by atoms with E-state index in [0.29, 0.717) is 17.8 Å². The number of H-pyrrole nitrogens is 1. The molecule has 0 unspecified atom stereocenters. The van der Waals surface area contributed by atoms with Crippen molar-refractivity contribution in [1.29, 1.82) is 0 Å². The van der Waals surface area contributed by atoms with E-state index in [-0.39, 0.29) is 28.3 Å². The van der Waals surface area contributed by atoms with Gasteiger partial charge in [0.05, 0.1) is 23.0 Å². The van der Waals surface area contributed by atoms with E-state index in [4.69, 9.17) is 0 Å². The van der Waals surface area contributed by atoms with Crippen molar-refractivity contribution in [3.8, 4) is 11.3 Å². The number of hydrogen-bond donors (Lipinski definition) is 4. The largest absolute Gasteiger partial charge is 0.435 e. The van der Waals surface area contributed by atoms with Gasteiger partial charge in [-0.3, -0.25) is 14.3 Å². The number of amides is 1. The number of imidazole rings is 1. The molecule has 0 aliphatic heterocycles. The Bertz CT molecular complexity index is 1470. The van der Waals surface area contributed by atoms with Gasteiger partial charge in [0, 0.05) is 37.4 Å². The standard InChI is InChI=1S/C26H28F4N8O/c1-15(2)12-31-6-4-5-7-33-25(39)21-16(3)10-17(11-19(21)27)36-23-24-34-14-20(38(24)9-8-32-23)18-13-35-37-22(18)26(28,29)30/h8-11,13-14,31H,1,4-7,12H2,2-3H3,(H,32,36)(H,33,39)(H,35,37). The molecule has 206 valence electrons. The fraction of sp³-hybridized carbons (Fsp3) is 0.308. The monoisotopic (exact) mass is 544 g/mol. The van der Waals surface area contributed by atoms with E-state index in [1.807, 2.05) is 6.92 Å². The number of nitrogens with zero attached hydrogens (tertiary/aromatic N) is 4. The van der Waals surface area contributed by atoms with E-state index < -0.39 is 23.6 Å². The number of carbonyl (C=O) groups is 1. The molecule has 0 fully saturated rings. The number of anilines is 2. The molecule has 3 heterocycles. The van der Waals surface area contributed by atoms with E-state index in [9.17, 15) is 22.4 Å². The van der Waals surface area contributed by atoms with Crippen molar-refractivity contribution >= 4 is 23.1 Å². The summed E-state index contributed by atoms with van der Waals surface area (Å²) in [7, 11) is 0. The molecule has 0 atom stereocenters. The SMILES string of the molecule is C=C(C)CNCCCCNC(=O)c1c(C)cc(Nc2nccn3c(-c4c[nH]nc4C(F)(F)F)cnc23)cc1F. The maximum Gasteiger partial charge on any atom is 0.435 e. The van der Waals surface area contributed by atoms with Gasteiger partial charge in [-0.05, 0) is 50.9 Å². The van der Waals surface area contributed by atoms with Crippen molar-refractivity contribution in [1.82, 2.24) is 35.2 Å². The fourth-order valence-corrected chi connectivity index (χ4v) is 4.12. The molecule has 0 saturated carbocycles. The van der Waals surface area contributed by atoms with Gasteiger partial charge in [-0.2, -0.15) is 18.3 Å². The number of halogens is 4. The van der Waals surface area contributed by atoms with Crippen LogP contribution < -0.4 is 16.0 Å². The lowest BCUT2D eigenvalue weighted by molar-refractivity contribution is -0.140. The third-order valence-corrected chi connectivity index (χ3v) is 5.88. The number of aromatic amines is 1. The molecule has 39 heavy (non-hydrogen) atoms. The lowest BCUT2D eigenvalue weighted by atomic mass is 10.1. The molecule has 4 N–H and O–H groups in total. The highest BCUT2D eigenvalue weighted by atomic mass is 19.4. The normalized spacial score (nSPS) is 11.6. The van der Waals surface area contributed by atoms with Crippen molar-refractivity contribution in [2.75, 3.05) is 25.0 Å². The molecule has 3 aromatic heterocycles. The molecule has 0 spiro atoms. The molecule has 4 rings (SSSR count). The Labute approximate surface area is 221 Å². The first-order valence-corrected chi connectivity index (χ1v) is 12.2. The minimum Gasteiger partial charge on any atom is -0.352 e. The van der Waals surface area contributed by atoms with Crippen LogP contribution in [0.4, 0.5) is 29.1 Å². The minimum atomic E-state index is -4.65. The summed E-state index contributed by atoms with van der Waals surface area (Å²) in [6, 6.07) is 2.75. The van der Waals surface area contributed by atoms with Crippen LogP contribution in [0.2, 0.25) is 0 Å². The second-order valence-corrected chi connectivity index (χ2v) is 9.13. The quantitative estimate of drug-likeness (QED) is 0.120. The van der Waals surface area contributed by atoms with Crippen molar-refractivity contribution in [2.45, 2.75) is 32.9 Å². The van der Waals surface area contributed by atoms with Crippen LogP contribution in [0.25, 0.3) is 16.9 Å². The van der Waals surface area contributed by atoms with Crippen molar-refractivity contribution in [2.24, 2.45) is 0 Å². The second-order valence-electron chi connectivity index (χ2n) is 9.13. The average molecular weight is 545 g/mol. The number of aromatic nitrogens is 5. The number of hydrogen-bond acceptors (Lipinski definition) is 6. The zero-order valence-corrected chi connectivity index (χ0v) is 21.4. The first kappa shape index (κ1) is 27.8. The number of aryl methyl sites for hydroxylation is 1. The lowest BCUT2D eigenvalue weighted by Gasteiger charge is -2.13. The highest BCUT2D eigenvalue weighted by Gasteiger charge is 2.37. The molecule has 13 heteroatoms. The van der Waals surface area contributed by atoms with E-state index in [2.05, 4.69) is 42.7 Å². The van der Waals surface area contributed by atoms with E-state index in [1.54, 1.807) is 13.0 Å². The van der Waals surface area contributed by atoms with Crippen molar-refractivity contribution in [3.05, 3.63) is 71.7 Å². The Kier molecular flexibility index (Phi) is 8.29. The minimum absolute atomic E-state index is 0.0603. The van der Waals surface area contributed by atoms with Crippen LogP contribution in [0.5, 0.6) is 0 Å². The molecule has 4 aromatic rings. The number of unbranched alkanes of at least 4 members (excludes halogenated alkanes) is 1. The second kappa shape index (κ2) is 11.6. The summed E-state index contributed by atoms with van der Waals surface area (Å²) in [5.41, 5.74) is 0.820. The highest BCUT2D eigenvalue weighted by molar-refractivity contribution is 5.96. The molecule has 0 aliphatic rings.